The molecule has 1 aromatic rings. The minimum atomic E-state index is -3.03. The molecule has 0 bridgehead atoms. The average molecular weight is 381 g/mol. The van der Waals surface area contributed by atoms with Gasteiger partial charge >= 0.3 is 0 Å². The lowest BCUT2D eigenvalue weighted by atomic mass is 10.0. The summed E-state index contributed by atoms with van der Waals surface area (Å²) in [5, 5.41) is 0.588. The summed E-state index contributed by atoms with van der Waals surface area (Å²) in [5.74, 6) is 0.101. The third-order valence-corrected chi connectivity index (χ3v) is 8.13. The second-order valence-electron chi connectivity index (χ2n) is 6.75. The zero-order valence-corrected chi connectivity index (χ0v) is 16.4. The van der Waals surface area contributed by atoms with Gasteiger partial charge in [-0.1, -0.05) is 43.3 Å². The fourth-order valence-corrected chi connectivity index (χ4v) is 7.31. The molecule has 3 rings (SSSR count). The number of carbonyl (C=O) groups excluding carboxylic acids is 1. The summed E-state index contributed by atoms with van der Waals surface area (Å²) in [6, 6.07) is 7.79. The van der Waals surface area contributed by atoms with E-state index in [1.54, 1.807) is 0 Å². The molecule has 0 radical (unpaired) electrons. The van der Waals surface area contributed by atoms with Crippen LogP contribution >= 0.6 is 11.8 Å². The number of fused-ring (bicyclic) bond motifs is 1. The molecule has 2 aliphatic heterocycles. The Balaban J connectivity index is 1.97. The Hall–Kier alpha value is -1.34. The molecule has 25 heavy (non-hydrogen) atoms. The van der Waals surface area contributed by atoms with Crippen LogP contribution in [0.4, 0.5) is 5.69 Å². The summed E-state index contributed by atoms with van der Waals surface area (Å²) in [5.41, 5.74) is 2.04. The monoisotopic (exact) mass is 380 g/mol. The number of amides is 1. The summed E-state index contributed by atoms with van der Waals surface area (Å²) in [4.78, 5) is 18.9. The molecule has 0 N–H and O–H groups in total. The van der Waals surface area contributed by atoms with Crippen LogP contribution < -0.4 is 4.90 Å². The van der Waals surface area contributed by atoms with Crippen molar-refractivity contribution in [2.45, 2.75) is 44.9 Å². The van der Waals surface area contributed by atoms with Crippen LogP contribution in [0.15, 0.2) is 29.3 Å². The van der Waals surface area contributed by atoms with Crippen molar-refractivity contribution in [1.82, 2.24) is 0 Å². The number of amidine groups is 1. The Morgan fingerprint density at radius 3 is 2.48 bits per heavy atom. The van der Waals surface area contributed by atoms with E-state index in [2.05, 4.69) is 4.99 Å². The van der Waals surface area contributed by atoms with Crippen molar-refractivity contribution in [3.8, 4) is 0 Å². The van der Waals surface area contributed by atoms with Crippen molar-refractivity contribution in [1.29, 1.82) is 0 Å². The van der Waals surface area contributed by atoms with Crippen molar-refractivity contribution in [2.24, 2.45) is 10.9 Å². The quantitative estimate of drug-likeness (QED) is 0.803. The van der Waals surface area contributed by atoms with Gasteiger partial charge in [-0.3, -0.25) is 4.79 Å². The first-order valence-corrected chi connectivity index (χ1v) is 11.4. The molecule has 2 saturated heterocycles. The molecular formula is C18H24N2O3S2. The number of anilines is 1. The maximum absolute atomic E-state index is 12.5. The summed E-state index contributed by atoms with van der Waals surface area (Å²) >= 11 is 1.43. The molecule has 2 aliphatic rings. The predicted molar refractivity (Wildman–Crippen MR) is 104 cm³/mol. The first-order valence-electron chi connectivity index (χ1n) is 8.70. The van der Waals surface area contributed by atoms with Gasteiger partial charge in [0.25, 0.3) is 5.91 Å². The number of aliphatic imine (C=N–C) groups is 1. The zero-order valence-electron chi connectivity index (χ0n) is 14.8. The number of thioether (sulfide) groups is 1. The van der Waals surface area contributed by atoms with Gasteiger partial charge in [0.1, 0.15) is 0 Å². The third kappa shape index (κ3) is 3.77. The van der Waals surface area contributed by atoms with Gasteiger partial charge in [-0.2, -0.15) is 4.99 Å². The second kappa shape index (κ2) is 7.11. The van der Waals surface area contributed by atoms with E-state index in [9.17, 15) is 13.2 Å². The van der Waals surface area contributed by atoms with Crippen LogP contribution in [0.1, 0.15) is 32.3 Å². The van der Waals surface area contributed by atoms with Gasteiger partial charge in [-0.25, -0.2) is 8.42 Å². The Morgan fingerprint density at radius 1 is 1.24 bits per heavy atom. The molecule has 0 spiro atoms. The van der Waals surface area contributed by atoms with E-state index in [1.165, 1.54) is 11.8 Å². The molecule has 0 saturated carbocycles. The lowest BCUT2D eigenvalue weighted by molar-refractivity contribution is -0.121. The summed E-state index contributed by atoms with van der Waals surface area (Å²) in [6.45, 7) is 6.00. The highest BCUT2D eigenvalue weighted by molar-refractivity contribution is 8.16. The Kier molecular flexibility index (Phi) is 5.25. The highest BCUT2D eigenvalue weighted by Gasteiger charge is 2.49. The molecular weight excluding hydrogens is 356 g/mol. The van der Waals surface area contributed by atoms with Gasteiger partial charge in [0.15, 0.2) is 15.0 Å². The third-order valence-electron chi connectivity index (χ3n) is 4.92. The summed E-state index contributed by atoms with van der Waals surface area (Å²) in [6.07, 6.45) is 1.53. The van der Waals surface area contributed by atoms with Crippen LogP contribution in [0, 0.1) is 12.8 Å². The highest BCUT2D eigenvalue weighted by atomic mass is 32.2. The molecule has 1 amide bonds. The molecule has 136 valence electrons. The molecule has 0 unspecified atom stereocenters. The van der Waals surface area contributed by atoms with Crippen LogP contribution in [-0.4, -0.2) is 42.3 Å². The normalized spacial score (nSPS) is 26.4. The van der Waals surface area contributed by atoms with Gasteiger partial charge in [0.2, 0.25) is 0 Å². The Bertz CT molecular complexity index is 783. The number of rotatable bonds is 4. The minimum Gasteiger partial charge on any atom is -0.316 e. The molecule has 0 aliphatic carbocycles. The average Bonchev–Trinajstić information content (AvgIpc) is 3.00. The van der Waals surface area contributed by atoms with E-state index < -0.39 is 9.84 Å². The van der Waals surface area contributed by atoms with E-state index in [0.717, 1.165) is 24.1 Å². The van der Waals surface area contributed by atoms with E-state index >= 15 is 0 Å². The van der Waals surface area contributed by atoms with Gasteiger partial charge in [-0.15, -0.1) is 0 Å². The number of hydrogen-bond donors (Lipinski definition) is 0. The van der Waals surface area contributed by atoms with Gasteiger partial charge < -0.3 is 4.90 Å². The first-order chi connectivity index (χ1) is 11.8. The standard InChI is InChI=1S/C18H24N2O3S2/c1-4-13(5-2)17(21)19-18-20(14-8-6-12(3)7-9-14)15-10-25(22,23)11-16(15)24-18/h6-9,13,15-16H,4-5,10-11H2,1-3H3/t15-,16+/m0/s1. The fourth-order valence-electron chi connectivity index (χ4n) is 3.40. The van der Waals surface area contributed by atoms with Crippen LogP contribution in [0.2, 0.25) is 0 Å². The van der Waals surface area contributed by atoms with E-state index in [0.29, 0.717) is 5.17 Å². The number of hydrogen-bond acceptors (Lipinski definition) is 4. The SMILES string of the molecule is CCC(CC)C(=O)N=C1S[C@@H]2CS(=O)(=O)C[C@@H]2N1c1ccc(C)cc1. The minimum absolute atomic E-state index is 0.0560. The van der Waals surface area contributed by atoms with Crippen LogP contribution in [0.5, 0.6) is 0 Å². The van der Waals surface area contributed by atoms with Crippen LogP contribution in [0.3, 0.4) is 0 Å². The molecule has 5 nitrogen and oxygen atoms in total. The van der Waals surface area contributed by atoms with Crippen molar-refractivity contribution in [2.75, 3.05) is 16.4 Å². The summed E-state index contributed by atoms with van der Waals surface area (Å²) < 4.78 is 24.1. The lowest BCUT2D eigenvalue weighted by Crippen LogP contribution is -2.37. The number of aryl methyl sites for hydroxylation is 1. The van der Waals surface area contributed by atoms with Gasteiger partial charge in [-0.05, 0) is 31.9 Å². The number of nitrogens with zero attached hydrogens (tertiary/aromatic N) is 2. The van der Waals surface area contributed by atoms with Crippen LogP contribution in [-0.2, 0) is 14.6 Å². The van der Waals surface area contributed by atoms with E-state index in [4.69, 9.17) is 0 Å². The van der Waals surface area contributed by atoms with Gasteiger partial charge in [0, 0.05) is 16.9 Å². The maximum atomic E-state index is 12.5. The predicted octanol–water partition coefficient (Wildman–Crippen LogP) is 3.03. The topological polar surface area (TPSA) is 66.8 Å². The fraction of sp³-hybridized carbons (Fsp3) is 0.556. The maximum Gasteiger partial charge on any atom is 0.251 e. The number of carbonyl (C=O) groups is 1. The van der Waals surface area contributed by atoms with Crippen molar-refractivity contribution in [3.63, 3.8) is 0 Å². The molecule has 2 heterocycles. The molecule has 1 aromatic carbocycles. The highest BCUT2D eigenvalue weighted by Crippen LogP contribution is 2.41. The van der Waals surface area contributed by atoms with Crippen molar-refractivity contribution in [3.05, 3.63) is 29.8 Å². The Morgan fingerprint density at radius 2 is 1.88 bits per heavy atom. The largest absolute Gasteiger partial charge is 0.316 e. The van der Waals surface area contributed by atoms with Crippen molar-refractivity contribution >= 4 is 38.4 Å². The summed E-state index contributed by atoms with van der Waals surface area (Å²) in [7, 11) is -3.03. The number of sulfone groups is 1. The molecule has 2 fully saturated rings. The Labute approximate surface area is 153 Å². The first kappa shape index (κ1) is 18.5. The van der Waals surface area contributed by atoms with Gasteiger partial charge in [0.05, 0.1) is 17.5 Å². The molecule has 7 heteroatoms. The molecule has 2 atom stereocenters. The zero-order chi connectivity index (χ0) is 18.2. The van der Waals surface area contributed by atoms with E-state index in [1.807, 2.05) is 49.9 Å². The van der Waals surface area contributed by atoms with Crippen molar-refractivity contribution < 1.29 is 13.2 Å². The number of benzene rings is 1. The van der Waals surface area contributed by atoms with Crippen LogP contribution in [0.25, 0.3) is 0 Å². The van der Waals surface area contributed by atoms with E-state index in [-0.39, 0.29) is 34.6 Å². The smallest absolute Gasteiger partial charge is 0.251 e. The second-order valence-corrected chi connectivity index (χ2v) is 10.1. The molecule has 0 aromatic heterocycles. The lowest BCUT2D eigenvalue weighted by Gasteiger charge is -2.24.